The van der Waals surface area contributed by atoms with Crippen LogP contribution in [0.1, 0.15) is 53.9 Å². The molecule has 1 amide bonds. The smallest absolute Gasteiger partial charge is 0.253 e. The molecule has 4 heteroatoms. The third kappa shape index (κ3) is 2.68. The fourth-order valence-corrected chi connectivity index (χ4v) is 4.42. The van der Waals surface area contributed by atoms with Gasteiger partial charge in [0, 0.05) is 43.3 Å². The van der Waals surface area contributed by atoms with E-state index in [2.05, 4.69) is 12.1 Å². The second kappa shape index (κ2) is 5.91. The van der Waals surface area contributed by atoms with E-state index in [0.717, 1.165) is 38.2 Å². The van der Waals surface area contributed by atoms with Gasteiger partial charge in [-0.1, -0.05) is 18.6 Å². The quantitative estimate of drug-likeness (QED) is 0.912. The highest BCUT2D eigenvalue weighted by atomic mass is 16.5. The summed E-state index contributed by atoms with van der Waals surface area (Å²) in [6.07, 6.45) is 5.78. The lowest BCUT2D eigenvalue weighted by Crippen LogP contribution is -2.45. The number of carbonyl (C=O) groups excluding carboxylic acids is 1. The molecule has 1 aromatic carbocycles. The topological polar surface area (TPSA) is 55.6 Å². The first kappa shape index (κ1) is 15.2. The Morgan fingerprint density at radius 3 is 2.43 bits per heavy atom. The molecule has 0 bridgehead atoms. The minimum absolute atomic E-state index is 0.141. The molecule has 4 nitrogen and oxygen atoms in total. The molecule has 1 aromatic rings. The van der Waals surface area contributed by atoms with Crippen LogP contribution in [-0.2, 0) is 4.74 Å². The number of likely N-dealkylation sites (tertiary alicyclic amines) is 1. The Hall–Kier alpha value is -1.39. The standard InChI is InChI=1S/C19H26N2O2/c20-17-12-21(13-19(17)8-1-9-19)18(22)16-4-2-14(3-5-16)15-6-10-23-11-7-15/h2-5,15,17H,1,6-13,20H2. The van der Waals surface area contributed by atoms with Crippen LogP contribution in [0.2, 0.25) is 0 Å². The molecule has 1 spiro atoms. The molecular formula is C19H26N2O2. The molecule has 0 aromatic heterocycles. The highest BCUT2D eigenvalue weighted by Crippen LogP contribution is 2.47. The number of ether oxygens (including phenoxy) is 1. The van der Waals surface area contributed by atoms with Crippen LogP contribution in [0, 0.1) is 5.41 Å². The minimum Gasteiger partial charge on any atom is -0.381 e. The van der Waals surface area contributed by atoms with Gasteiger partial charge in [0.25, 0.3) is 5.91 Å². The molecule has 1 saturated carbocycles. The van der Waals surface area contributed by atoms with E-state index in [-0.39, 0.29) is 17.4 Å². The lowest BCUT2D eigenvalue weighted by molar-refractivity contribution is 0.0726. The van der Waals surface area contributed by atoms with Crippen LogP contribution < -0.4 is 5.73 Å². The molecule has 4 rings (SSSR count). The average Bonchev–Trinajstić information content (AvgIpc) is 2.93. The monoisotopic (exact) mass is 314 g/mol. The van der Waals surface area contributed by atoms with Crippen molar-refractivity contribution in [3.63, 3.8) is 0 Å². The van der Waals surface area contributed by atoms with Gasteiger partial charge < -0.3 is 15.4 Å². The largest absolute Gasteiger partial charge is 0.381 e. The van der Waals surface area contributed by atoms with Crippen molar-refractivity contribution in [3.05, 3.63) is 35.4 Å². The van der Waals surface area contributed by atoms with Crippen LogP contribution in [0.4, 0.5) is 0 Å². The van der Waals surface area contributed by atoms with Gasteiger partial charge in [0.1, 0.15) is 0 Å². The summed E-state index contributed by atoms with van der Waals surface area (Å²) in [4.78, 5) is 14.7. The van der Waals surface area contributed by atoms with Crippen molar-refractivity contribution >= 4 is 5.91 Å². The van der Waals surface area contributed by atoms with Gasteiger partial charge >= 0.3 is 0 Å². The summed E-state index contributed by atoms with van der Waals surface area (Å²) in [6, 6.07) is 8.38. The Morgan fingerprint density at radius 1 is 1.17 bits per heavy atom. The molecule has 0 radical (unpaired) electrons. The van der Waals surface area contributed by atoms with Gasteiger partial charge in [0.15, 0.2) is 0 Å². The van der Waals surface area contributed by atoms with Crippen molar-refractivity contribution in [2.24, 2.45) is 11.1 Å². The number of nitrogens with zero attached hydrogens (tertiary/aromatic N) is 1. The Kier molecular flexibility index (Phi) is 3.90. The minimum atomic E-state index is 0.141. The Bertz CT molecular complexity index is 574. The van der Waals surface area contributed by atoms with E-state index in [0.29, 0.717) is 12.5 Å². The third-order valence-corrected chi connectivity index (χ3v) is 6.20. The Morgan fingerprint density at radius 2 is 1.87 bits per heavy atom. The Balaban J connectivity index is 1.44. The summed E-state index contributed by atoms with van der Waals surface area (Å²) < 4.78 is 5.42. The maximum absolute atomic E-state index is 12.8. The normalized spacial score (nSPS) is 27.2. The molecule has 2 saturated heterocycles. The van der Waals surface area contributed by atoms with Crippen molar-refractivity contribution < 1.29 is 9.53 Å². The maximum atomic E-state index is 12.8. The molecule has 2 aliphatic heterocycles. The summed E-state index contributed by atoms with van der Waals surface area (Å²) >= 11 is 0. The number of hydrogen-bond donors (Lipinski definition) is 1. The van der Waals surface area contributed by atoms with Crippen LogP contribution in [0.25, 0.3) is 0 Å². The number of nitrogens with two attached hydrogens (primary N) is 1. The summed E-state index contributed by atoms with van der Waals surface area (Å²) in [5.74, 6) is 0.717. The fourth-order valence-electron chi connectivity index (χ4n) is 4.42. The third-order valence-electron chi connectivity index (χ3n) is 6.20. The van der Waals surface area contributed by atoms with E-state index in [4.69, 9.17) is 10.5 Å². The van der Waals surface area contributed by atoms with Gasteiger partial charge in [-0.25, -0.2) is 0 Å². The van der Waals surface area contributed by atoms with E-state index in [1.54, 1.807) is 0 Å². The molecule has 2 N–H and O–H groups in total. The van der Waals surface area contributed by atoms with Crippen molar-refractivity contribution in [1.29, 1.82) is 0 Å². The highest BCUT2D eigenvalue weighted by Gasteiger charge is 2.49. The number of benzene rings is 1. The zero-order chi connectivity index (χ0) is 15.9. The SMILES string of the molecule is NC1CN(C(=O)c2ccc(C3CCOCC3)cc2)CC12CCC2. The zero-order valence-corrected chi connectivity index (χ0v) is 13.7. The highest BCUT2D eigenvalue weighted by molar-refractivity contribution is 5.94. The number of carbonyl (C=O) groups is 1. The van der Waals surface area contributed by atoms with E-state index in [9.17, 15) is 4.79 Å². The molecule has 1 unspecified atom stereocenters. The first-order valence-electron chi connectivity index (χ1n) is 8.90. The summed E-state index contributed by atoms with van der Waals surface area (Å²) in [5, 5.41) is 0. The summed E-state index contributed by atoms with van der Waals surface area (Å²) in [6.45, 7) is 3.24. The first-order valence-corrected chi connectivity index (χ1v) is 8.90. The second-order valence-electron chi connectivity index (χ2n) is 7.52. The number of hydrogen-bond acceptors (Lipinski definition) is 3. The molecule has 3 aliphatic rings. The number of rotatable bonds is 2. The molecule has 1 aliphatic carbocycles. The van der Waals surface area contributed by atoms with Gasteiger partial charge in [0.05, 0.1) is 0 Å². The van der Waals surface area contributed by atoms with Crippen LogP contribution >= 0.6 is 0 Å². The lowest BCUT2D eigenvalue weighted by atomic mass is 9.66. The van der Waals surface area contributed by atoms with E-state index < -0.39 is 0 Å². The molecule has 124 valence electrons. The zero-order valence-electron chi connectivity index (χ0n) is 13.7. The molecule has 2 heterocycles. The lowest BCUT2D eigenvalue weighted by Gasteiger charge is -2.41. The predicted octanol–water partition coefficient (Wildman–Crippen LogP) is 2.53. The first-order chi connectivity index (χ1) is 11.2. The van der Waals surface area contributed by atoms with Gasteiger partial charge in [-0.3, -0.25) is 4.79 Å². The fraction of sp³-hybridized carbons (Fsp3) is 0.632. The summed E-state index contributed by atoms with van der Waals surface area (Å²) in [7, 11) is 0. The van der Waals surface area contributed by atoms with E-state index in [1.807, 2.05) is 17.0 Å². The van der Waals surface area contributed by atoms with Crippen LogP contribution in [-0.4, -0.2) is 43.2 Å². The molecular weight excluding hydrogens is 288 g/mol. The van der Waals surface area contributed by atoms with Crippen molar-refractivity contribution in [2.75, 3.05) is 26.3 Å². The van der Waals surface area contributed by atoms with Crippen LogP contribution in [0.5, 0.6) is 0 Å². The van der Waals surface area contributed by atoms with E-state index in [1.165, 1.54) is 24.8 Å². The summed E-state index contributed by atoms with van der Waals surface area (Å²) in [5.41, 5.74) is 8.64. The van der Waals surface area contributed by atoms with Crippen LogP contribution in [0.15, 0.2) is 24.3 Å². The molecule has 23 heavy (non-hydrogen) atoms. The van der Waals surface area contributed by atoms with Crippen molar-refractivity contribution in [3.8, 4) is 0 Å². The average molecular weight is 314 g/mol. The van der Waals surface area contributed by atoms with Gasteiger partial charge in [-0.05, 0) is 49.3 Å². The van der Waals surface area contributed by atoms with Gasteiger partial charge in [0.2, 0.25) is 0 Å². The van der Waals surface area contributed by atoms with Gasteiger partial charge in [-0.15, -0.1) is 0 Å². The molecule has 1 atom stereocenters. The van der Waals surface area contributed by atoms with Crippen LogP contribution in [0.3, 0.4) is 0 Å². The Labute approximate surface area is 138 Å². The van der Waals surface area contributed by atoms with Crippen molar-refractivity contribution in [1.82, 2.24) is 4.90 Å². The van der Waals surface area contributed by atoms with Crippen molar-refractivity contribution in [2.45, 2.75) is 44.1 Å². The predicted molar refractivity (Wildman–Crippen MR) is 89.4 cm³/mol. The number of amides is 1. The maximum Gasteiger partial charge on any atom is 0.253 e. The second-order valence-corrected chi connectivity index (χ2v) is 7.52. The molecule has 3 fully saturated rings. The van der Waals surface area contributed by atoms with E-state index >= 15 is 0 Å². The van der Waals surface area contributed by atoms with Gasteiger partial charge in [-0.2, -0.15) is 0 Å².